The number of methoxy groups -OCH3 is 1. The van der Waals surface area contributed by atoms with E-state index in [4.69, 9.17) is 9.72 Å². The standard InChI is InChI=1S/C23H33N3OS/c1-5-6-9-12-26-16-21(20-10-7-8-11-22(20)26)23-24-19(17-28-23)15-25(18(2)3)13-14-27-4/h7-8,10-11,16-18H,5-6,9,12-15H2,1-4H3. The van der Waals surface area contributed by atoms with Crippen molar-refractivity contribution in [3.63, 3.8) is 0 Å². The highest BCUT2D eigenvalue weighted by atomic mass is 32.1. The van der Waals surface area contributed by atoms with Crippen molar-refractivity contribution in [2.45, 2.75) is 59.2 Å². The number of nitrogens with zero attached hydrogens (tertiary/aromatic N) is 3. The summed E-state index contributed by atoms with van der Waals surface area (Å²) in [6.07, 6.45) is 6.04. The van der Waals surface area contributed by atoms with E-state index in [1.165, 1.54) is 35.7 Å². The minimum absolute atomic E-state index is 0.473. The summed E-state index contributed by atoms with van der Waals surface area (Å²) >= 11 is 1.75. The molecular formula is C23H33N3OS. The molecule has 0 aliphatic heterocycles. The molecule has 2 aromatic heterocycles. The van der Waals surface area contributed by atoms with Gasteiger partial charge in [-0.15, -0.1) is 11.3 Å². The van der Waals surface area contributed by atoms with Crippen LogP contribution < -0.4 is 0 Å². The minimum Gasteiger partial charge on any atom is -0.383 e. The SMILES string of the molecule is CCCCCn1cc(-c2nc(CN(CCOC)C(C)C)cs2)c2ccccc21. The average Bonchev–Trinajstić information content (AvgIpc) is 3.30. The summed E-state index contributed by atoms with van der Waals surface area (Å²) in [5.41, 5.74) is 3.72. The second kappa shape index (κ2) is 10.2. The van der Waals surface area contributed by atoms with Gasteiger partial charge in [-0.1, -0.05) is 38.0 Å². The Kier molecular flexibility index (Phi) is 7.65. The van der Waals surface area contributed by atoms with E-state index in [0.717, 1.165) is 36.9 Å². The van der Waals surface area contributed by atoms with E-state index in [9.17, 15) is 0 Å². The second-order valence-corrected chi connectivity index (χ2v) is 8.52. The number of para-hydroxylation sites is 1. The molecule has 3 aromatic rings. The van der Waals surface area contributed by atoms with E-state index >= 15 is 0 Å². The lowest BCUT2D eigenvalue weighted by molar-refractivity contribution is 0.124. The molecule has 0 bridgehead atoms. The Hall–Kier alpha value is -1.69. The lowest BCUT2D eigenvalue weighted by Crippen LogP contribution is -2.33. The fourth-order valence-corrected chi connectivity index (χ4v) is 4.41. The highest BCUT2D eigenvalue weighted by Crippen LogP contribution is 2.33. The van der Waals surface area contributed by atoms with E-state index in [-0.39, 0.29) is 0 Å². The molecular weight excluding hydrogens is 366 g/mol. The number of thiazole rings is 1. The molecule has 0 fully saturated rings. The summed E-state index contributed by atoms with van der Waals surface area (Å²) in [5, 5.41) is 4.64. The fourth-order valence-electron chi connectivity index (χ4n) is 3.57. The summed E-state index contributed by atoms with van der Waals surface area (Å²) in [5.74, 6) is 0. The predicted octanol–water partition coefficient (Wildman–Crippen LogP) is 5.81. The van der Waals surface area contributed by atoms with Crippen molar-refractivity contribution in [3.05, 3.63) is 41.5 Å². The number of fused-ring (bicyclic) bond motifs is 1. The molecule has 3 rings (SSSR count). The van der Waals surface area contributed by atoms with Gasteiger partial charge in [-0.2, -0.15) is 0 Å². The minimum atomic E-state index is 0.473. The van der Waals surface area contributed by atoms with Gasteiger partial charge in [-0.3, -0.25) is 4.90 Å². The van der Waals surface area contributed by atoms with Gasteiger partial charge in [0.25, 0.3) is 0 Å². The summed E-state index contributed by atoms with van der Waals surface area (Å²) in [7, 11) is 1.76. The van der Waals surface area contributed by atoms with Gasteiger partial charge in [0, 0.05) is 60.8 Å². The number of hydrogen-bond acceptors (Lipinski definition) is 4. The first-order valence-electron chi connectivity index (χ1n) is 10.4. The Morgan fingerprint density at radius 3 is 2.79 bits per heavy atom. The van der Waals surface area contributed by atoms with Gasteiger partial charge in [-0.05, 0) is 26.3 Å². The number of benzene rings is 1. The molecule has 0 N–H and O–H groups in total. The quantitative estimate of drug-likeness (QED) is 0.381. The Morgan fingerprint density at radius 1 is 1.21 bits per heavy atom. The third-order valence-corrected chi connectivity index (χ3v) is 6.18. The van der Waals surface area contributed by atoms with E-state index in [1.54, 1.807) is 18.4 Å². The molecule has 5 heteroatoms. The van der Waals surface area contributed by atoms with Crippen LogP contribution in [0.25, 0.3) is 21.5 Å². The average molecular weight is 400 g/mol. The van der Waals surface area contributed by atoms with Crippen molar-refractivity contribution in [2.24, 2.45) is 0 Å². The van der Waals surface area contributed by atoms with E-state index in [0.29, 0.717) is 6.04 Å². The van der Waals surface area contributed by atoms with Gasteiger partial charge < -0.3 is 9.30 Å². The smallest absolute Gasteiger partial charge is 0.125 e. The van der Waals surface area contributed by atoms with Crippen LogP contribution in [-0.2, 0) is 17.8 Å². The van der Waals surface area contributed by atoms with Crippen LogP contribution in [0, 0.1) is 0 Å². The second-order valence-electron chi connectivity index (χ2n) is 7.66. The van der Waals surface area contributed by atoms with Gasteiger partial charge in [-0.25, -0.2) is 4.98 Å². The van der Waals surface area contributed by atoms with Crippen LogP contribution in [0.1, 0.15) is 45.7 Å². The van der Waals surface area contributed by atoms with Gasteiger partial charge in [0.2, 0.25) is 0 Å². The molecule has 4 nitrogen and oxygen atoms in total. The summed E-state index contributed by atoms with van der Waals surface area (Å²) in [6.45, 7) is 10.3. The van der Waals surface area contributed by atoms with Crippen molar-refractivity contribution in [1.29, 1.82) is 0 Å². The van der Waals surface area contributed by atoms with Crippen LogP contribution in [-0.4, -0.2) is 40.8 Å². The van der Waals surface area contributed by atoms with Crippen LogP contribution in [0.15, 0.2) is 35.8 Å². The number of aryl methyl sites for hydroxylation is 1. The third-order valence-electron chi connectivity index (χ3n) is 5.25. The zero-order valence-corrected chi connectivity index (χ0v) is 18.5. The molecule has 0 radical (unpaired) electrons. The van der Waals surface area contributed by atoms with Crippen molar-refractivity contribution in [1.82, 2.24) is 14.5 Å². The predicted molar refractivity (Wildman–Crippen MR) is 120 cm³/mol. The zero-order chi connectivity index (χ0) is 19.9. The maximum atomic E-state index is 5.26. The highest BCUT2D eigenvalue weighted by Gasteiger charge is 2.16. The summed E-state index contributed by atoms with van der Waals surface area (Å²) in [4.78, 5) is 7.41. The molecule has 28 heavy (non-hydrogen) atoms. The number of ether oxygens (including phenoxy) is 1. The summed E-state index contributed by atoms with van der Waals surface area (Å²) in [6, 6.07) is 9.18. The first-order valence-corrected chi connectivity index (χ1v) is 11.3. The maximum absolute atomic E-state index is 5.26. The number of unbranched alkanes of at least 4 members (excludes halogenated alkanes) is 2. The number of hydrogen-bond donors (Lipinski definition) is 0. The molecule has 0 atom stereocenters. The Labute approximate surface area is 173 Å². The van der Waals surface area contributed by atoms with Gasteiger partial charge in [0.1, 0.15) is 5.01 Å². The summed E-state index contributed by atoms with van der Waals surface area (Å²) < 4.78 is 7.67. The van der Waals surface area contributed by atoms with Crippen LogP contribution in [0.4, 0.5) is 0 Å². The molecule has 1 aromatic carbocycles. The van der Waals surface area contributed by atoms with Crippen LogP contribution in [0.2, 0.25) is 0 Å². The molecule has 2 heterocycles. The molecule has 0 aliphatic carbocycles. The van der Waals surface area contributed by atoms with Crippen molar-refractivity contribution in [3.8, 4) is 10.6 Å². The Morgan fingerprint density at radius 2 is 2.04 bits per heavy atom. The molecule has 152 valence electrons. The lowest BCUT2D eigenvalue weighted by Gasteiger charge is -2.25. The number of rotatable bonds is 11. The molecule has 0 saturated heterocycles. The van der Waals surface area contributed by atoms with Crippen molar-refractivity contribution >= 4 is 22.2 Å². The van der Waals surface area contributed by atoms with Gasteiger partial charge in [0.15, 0.2) is 0 Å². The molecule has 0 aliphatic rings. The lowest BCUT2D eigenvalue weighted by atomic mass is 10.2. The maximum Gasteiger partial charge on any atom is 0.125 e. The monoisotopic (exact) mass is 399 g/mol. The Bertz CT molecular complexity index is 868. The van der Waals surface area contributed by atoms with Crippen LogP contribution >= 0.6 is 11.3 Å². The topological polar surface area (TPSA) is 30.3 Å². The third kappa shape index (κ3) is 5.02. The molecule has 0 unspecified atom stereocenters. The number of aromatic nitrogens is 2. The largest absolute Gasteiger partial charge is 0.383 e. The van der Waals surface area contributed by atoms with E-state index in [1.807, 2.05) is 0 Å². The first kappa shape index (κ1) is 21.0. The molecule has 0 amide bonds. The van der Waals surface area contributed by atoms with Crippen LogP contribution in [0.5, 0.6) is 0 Å². The first-order chi connectivity index (χ1) is 13.6. The normalized spacial score (nSPS) is 11.9. The fraction of sp³-hybridized carbons (Fsp3) is 0.522. The van der Waals surface area contributed by atoms with Gasteiger partial charge >= 0.3 is 0 Å². The van der Waals surface area contributed by atoms with Crippen molar-refractivity contribution < 1.29 is 4.74 Å². The Balaban J connectivity index is 1.83. The van der Waals surface area contributed by atoms with E-state index < -0.39 is 0 Å². The zero-order valence-electron chi connectivity index (χ0n) is 17.6. The van der Waals surface area contributed by atoms with Crippen molar-refractivity contribution in [2.75, 3.05) is 20.3 Å². The van der Waals surface area contributed by atoms with Crippen LogP contribution in [0.3, 0.4) is 0 Å². The molecule has 0 saturated carbocycles. The van der Waals surface area contributed by atoms with Gasteiger partial charge in [0.05, 0.1) is 12.3 Å². The van der Waals surface area contributed by atoms with E-state index in [2.05, 4.69) is 66.1 Å². The highest BCUT2D eigenvalue weighted by molar-refractivity contribution is 7.13. The molecule has 0 spiro atoms.